The van der Waals surface area contributed by atoms with Crippen LogP contribution >= 0.6 is 0 Å². The average Bonchev–Trinajstić information content (AvgIpc) is 3.26. The molecule has 0 spiro atoms. The Hall–Kier alpha value is -3.35. The summed E-state index contributed by atoms with van der Waals surface area (Å²) in [6, 6.07) is 7.78. The Kier molecular flexibility index (Phi) is 3.81. The molecular formula is C18H17N5O2. The second-order valence-electron chi connectivity index (χ2n) is 5.60. The minimum atomic E-state index is -0.371. The first kappa shape index (κ1) is 15.2. The van der Waals surface area contributed by atoms with Gasteiger partial charge in [-0.3, -0.25) is 15.5 Å². The average molecular weight is 335 g/mol. The lowest BCUT2D eigenvalue weighted by atomic mass is 10.1. The molecule has 1 atom stereocenters. The topological polar surface area (TPSA) is 84.4 Å². The fraction of sp³-hybridized carbons (Fsp3) is 0.167. The molecule has 2 N–H and O–H groups in total. The molecule has 0 fully saturated rings. The third-order valence-corrected chi connectivity index (χ3v) is 3.97. The summed E-state index contributed by atoms with van der Waals surface area (Å²) in [7, 11) is 1.64. The smallest absolute Gasteiger partial charge is 0.215 e. The second-order valence-corrected chi connectivity index (χ2v) is 5.60. The molecule has 3 heterocycles. The molecule has 25 heavy (non-hydrogen) atoms. The zero-order valence-electron chi connectivity index (χ0n) is 13.9. The summed E-state index contributed by atoms with van der Waals surface area (Å²) < 4.78 is 11.4. The molecule has 1 aliphatic heterocycles. The van der Waals surface area contributed by atoms with Gasteiger partial charge in [0.15, 0.2) is 0 Å². The van der Waals surface area contributed by atoms with Gasteiger partial charge in [-0.15, -0.1) is 5.10 Å². The van der Waals surface area contributed by atoms with Crippen LogP contribution in [0, 0.1) is 0 Å². The van der Waals surface area contributed by atoms with Crippen LogP contribution in [-0.4, -0.2) is 28.2 Å². The van der Waals surface area contributed by atoms with Gasteiger partial charge in [0.2, 0.25) is 12.1 Å². The summed E-state index contributed by atoms with van der Waals surface area (Å²) >= 11 is 0. The lowest BCUT2D eigenvalue weighted by Crippen LogP contribution is -2.13. The van der Waals surface area contributed by atoms with E-state index in [2.05, 4.69) is 25.7 Å². The maximum absolute atomic E-state index is 5.69. The first-order valence-electron chi connectivity index (χ1n) is 7.86. The van der Waals surface area contributed by atoms with Crippen molar-refractivity contribution in [3.05, 3.63) is 53.5 Å². The number of H-pyrrole nitrogens is 1. The molecule has 1 unspecified atom stereocenters. The van der Waals surface area contributed by atoms with Gasteiger partial charge in [-0.2, -0.15) is 5.10 Å². The molecule has 3 aromatic rings. The normalized spacial score (nSPS) is 16.7. The molecule has 0 bridgehead atoms. The van der Waals surface area contributed by atoms with E-state index in [1.165, 1.54) is 0 Å². The Balaban J connectivity index is 1.77. The van der Waals surface area contributed by atoms with E-state index >= 15 is 0 Å². The van der Waals surface area contributed by atoms with Crippen LogP contribution in [0.1, 0.15) is 30.0 Å². The SMILES string of the molecule is COc1c(C2NN=C(C)O2)ccc2[nH]nc(/C=C/c3cccnc3)c12. The van der Waals surface area contributed by atoms with Crippen molar-refractivity contribution in [3.8, 4) is 5.75 Å². The van der Waals surface area contributed by atoms with Crippen LogP contribution in [-0.2, 0) is 4.74 Å². The highest BCUT2D eigenvalue weighted by Crippen LogP contribution is 2.36. The van der Waals surface area contributed by atoms with Crippen molar-refractivity contribution < 1.29 is 9.47 Å². The summed E-state index contributed by atoms with van der Waals surface area (Å²) in [5, 5.41) is 12.4. The highest BCUT2D eigenvalue weighted by Gasteiger charge is 2.25. The predicted molar refractivity (Wildman–Crippen MR) is 95.9 cm³/mol. The summed E-state index contributed by atoms with van der Waals surface area (Å²) in [5.41, 5.74) is 6.50. The number of hydrogen-bond donors (Lipinski definition) is 2. The molecular weight excluding hydrogens is 318 g/mol. The van der Waals surface area contributed by atoms with Gasteiger partial charge < -0.3 is 9.47 Å². The number of ether oxygens (including phenoxy) is 2. The van der Waals surface area contributed by atoms with Crippen molar-refractivity contribution in [2.45, 2.75) is 13.2 Å². The largest absolute Gasteiger partial charge is 0.495 e. The second kappa shape index (κ2) is 6.27. The molecule has 0 saturated heterocycles. The summed E-state index contributed by atoms with van der Waals surface area (Å²) in [6.07, 6.45) is 7.07. The van der Waals surface area contributed by atoms with Gasteiger partial charge >= 0.3 is 0 Å². The number of nitrogens with zero attached hydrogens (tertiary/aromatic N) is 3. The highest BCUT2D eigenvalue weighted by molar-refractivity contribution is 5.95. The molecule has 7 nitrogen and oxygen atoms in total. The van der Waals surface area contributed by atoms with E-state index < -0.39 is 0 Å². The van der Waals surface area contributed by atoms with E-state index in [4.69, 9.17) is 9.47 Å². The minimum Gasteiger partial charge on any atom is -0.495 e. The molecule has 7 heteroatoms. The fourth-order valence-corrected chi connectivity index (χ4v) is 2.83. The standard InChI is InChI=1S/C18H17N5O2/c1-11-20-23-18(25-11)13-6-8-15-16(17(13)24-2)14(21-22-15)7-5-12-4-3-9-19-10-12/h3-10,18,23H,1-2H3,(H,21,22)/b7-5+. The van der Waals surface area contributed by atoms with E-state index in [1.807, 2.05) is 36.4 Å². The number of benzene rings is 1. The highest BCUT2D eigenvalue weighted by atomic mass is 16.5. The number of aromatic nitrogens is 3. The van der Waals surface area contributed by atoms with Crippen LogP contribution in [0.4, 0.5) is 0 Å². The zero-order valence-corrected chi connectivity index (χ0v) is 13.9. The van der Waals surface area contributed by atoms with Crippen LogP contribution < -0.4 is 10.2 Å². The van der Waals surface area contributed by atoms with Gasteiger partial charge in [-0.25, -0.2) is 0 Å². The van der Waals surface area contributed by atoms with E-state index in [1.54, 1.807) is 26.4 Å². The van der Waals surface area contributed by atoms with Crippen LogP contribution in [0.2, 0.25) is 0 Å². The van der Waals surface area contributed by atoms with Crippen molar-refractivity contribution in [2.24, 2.45) is 5.10 Å². The van der Waals surface area contributed by atoms with E-state index in [0.29, 0.717) is 11.6 Å². The van der Waals surface area contributed by atoms with Gasteiger partial charge in [-0.1, -0.05) is 12.1 Å². The molecule has 0 amide bonds. The van der Waals surface area contributed by atoms with Crippen molar-refractivity contribution >= 4 is 29.0 Å². The van der Waals surface area contributed by atoms with Crippen LogP contribution in [0.3, 0.4) is 0 Å². The molecule has 2 aromatic heterocycles. The Labute approximate surface area is 144 Å². The zero-order chi connectivity index (χ0) is 17.2. The van der Waals surface area contributed by atoms with Gasteiger partial charge in [0.05, 0.1) is 29.3 Å². The van der Waals surface area contributed by atoms with E-state index in [-0.39, 0.29) is 6.23 Å². The number of pyridine rings is 1. The number of hydrazone groups is 1. The molecule has 1 aromatic carbocycles. The van der Waals surface area contributed by atoms with Crippen LogP contribution in [0.15, 0.2) is 41.8 Å². The number of hydrogen-bond acceptors (Lipinski definition) is 6. The van der Waals surface area contributed by atoms with Crippen molar-refractivity contribution in [3.63, 3.8) is 0 Å². The third-order valence-electron chi connectivity index (χ3n) is 3.97. The maximum Gasteiger partial charge on any atom is 0.215 e. The van der Waals surface area contributed by atoms with Crippen molar-refractivity contribution in [2.75, 3.05) is 7.11 Å². The first-order chi connectivity index (χ1) is 12.3. The Morgan fingerprint density at radius 2 is 2.16 bits per heavy atom. The summed E-state index contributed by atoms with van der Waals surface area (Å²) in [6.45, 7) is 1.80. The fourth-order valence-electron chi connectivity index (χ4n) is 2.83. The van der Waals surface area contributed by atoms with E-state index in [0.717, 1.165) is 27.7 Å². The minimum absolute atomic E-state index is 0.371. The Morgan fingerprint density at radius 1 is 1.24 bits per heavy atom. The summed E-state index contributed by atoms with van der Waals surface area (Å²) in [5.74, 6) is 1.30. The van der Waals surface area contributed by atoms with Crippen LogP contribution in [0.25, 0.3) is 23.1 Å². The first-order valence-corrected chi connectivity index (χ1v) is 7.86. The molecule has 4 rings (SSSR count). The number of fused-ring (bicyclic) bond motifs is 1. The lowest BCUT2D eigenvalue weighted by Gasteiger charge is -2.15. The van der Waals surface area contributed by atoms with Gasteiger partial charge in [-0.05, 0) is 29.8 Å². The summed E-state index contributed by atoms with van der Waals surface area (Å²) in [4.78, 5) is 4.11. The molecule has 126 valence electrons. The number of nitrogens with one attached hydrogen (secondary N) is 2. The number of rotatable bonds is 4. The number of aromatic amines is 1. The Bertz CT molecular complexity index is 962. The Morgan fingerprint density at radius 3 is 2.88 bits per heavy atom. The molecule has 0 aliphatic carbocycles. The van der Waals surface area contributed by atoms with Crippen molar-refractivity contribution in [1.82, 2.24) is 20.6 Å². The maximum atomic E-state index is 5.69. The predicted octanol–water partition coefficient (Wildman–Crippen LogP) is 3.09. The van der Waals surface area contributed by atoms with Gasteiger partial charge in [0, 0.05) is 19.3 Å². The van der Waals surface area contributed by atoms with E-state index in [9.17, 15) is 0 Å². The monoisotopic (exact) mass is 335 g/mol. The van der Waals surface area contributed by atoms with Crippen molar-refractivity contribution in [1.29, 1.82) is 0 Å². The third kappa shape index (κ3) is 2.80. The quantitative estimate of drug-likeness (QED) is 0.765. The number of methoxy groups -OCH3 is 1. The lowest BCUT2D eigenvalue weighted by molar-refractivity contribution is 0.185. The van der Waals surface area contributed by atoms with Gasteiger partial charge in [0.25, 0.3) is 0 Å². The molecule has 1 aliphatic rings. The van der Waals surface area contributed by atoms with Crippen LogP contribution in [0.5, 0.6) is 5.75 Å². The molecule has 0 saturated carbocycles. The van der Waals surface area contributed by atoms with Gasteiger partial charge in [0.1, 0.15) is 5.75 Å². The molecule has 0 radical (unpaired) electrons.